The van der Waals surface area contributed by atoms with Crippen LogP contribution in [0, 0.1) is 0 Å². The lowest BCUT2D eigenvalue weighted by molar-refractivity contribution is -0.130. The van der Waals surface area contributed by atoms with E-state index in [1.54, 1.807) is 6.20 Å². The highest BCUT2D eigenvalue weighted by molar-refractivity contribution is 5.78. The predicted octanol–water partition coefficient (Wildman–Crippen LogP) is 1.74. The van der Waals surface area contributed by atoms with Crippen LogP contribution in [0.25, 0.3) is 0 Å². The van der Waals surface area contributed by atoms with Crippen LogP contribution in [0.15, 0.2) is 24.4 Å². The van der Waals surface area contributed by atoms with Crippen LogP contribution in [0.3, 0.4) is 0 Å². The van der Waals surface area contributed by atoms with Gasteiger partial charge in [-0.25, -0.2) is 0 Å². The van der Waals surface area contributed by atoms with Gasteiger partial charge in [0.2, 0.25) is 5.91 Å². The second-order valence-electron chi connectivity index (χ2n) is 4.77. The van der Waals surface area contributed by atoms with Gasteiger partial charge in [0, 0.05) is 24.8 Å². The minimum atomic E-state index is 0.105. The largest absolute Gasteiger partial charge is 0.339 e. The predicted molar refractivity (Wildman–Crippen MR) is 71.1 cm³/mol. The number of carbonyl (C=O) groups excluding carboxylic acids is 1. The molecule has 0 bridgehead atoms. The molecule has 0 saturated heterocycles. The smallest absolute Gasteiger partial charge is 0.236 e. The first-order chi connectivity index (χ1) is 8.72. The molecule has 0 aliphatic heterocycles. The Labute approximate surface area is 108 Å². The molecule has 4 heteroatoms. The van der Waals surface area contributed by atoms with Gasteiger partial charge in [0.05, 0.1) is 12.2 Å². The SMILES string of the molecule is CCN(C(=O)CN[C@H](C)c1ccccn1)C1CC1. The first kappa shape index (κ1) is 13.0. The van der Waals surface area contributed by atoms with Crippen molar-refractivity contribution in [2.45, 2.75) is 38.8 Å². The number of pyridine rings is 1. The summed E-state index contributed by atoms with van der Waals surface area (Å²) in [4.78, 5) is 18.3. The van der Waals surface area contributed by atoms with Crippen LogP contribution in [-0.4, -0.2) is 34.9 Å². The number of amides is 1. The Hall–Kier alpha value is -1.42. The van der Waals surface area contributed by atoms with E-state index < -0.39 is 0 Å². The maximum Gasteiger partial charge on any atom is 0.236 e. The third kappa shape index (κ3) is 3.29. The Balaban J connectivity index is 1.82. The number of nitrogens with zero attached hydrogens (tertiary/aromatic N) is 2. The average molecular weight is 247 g/mol. The van der Waals surface area contributed by atoms with Gasteiger partial charge in [-0.05, 0) is 38.8 Å². The Morgan fingerprint density at radius 2 is 2.33 bits per heavy atom. The second-order valence-corrected chi connectivity index (χ2v) is 4.77. The van der Waals surface area contributed by atoms with E-state index in [9.17, 15) is 4.79 Å². The zero-order chi connectivity index (χ0) is 13.0. The standard InChI is InChI=1S/C14H21N3O/c1-3-17(12-7-8-12)14(18)10-16-11(2)13-6-4-5-9-15-13/h4-6,9,11-12,16H,3,7-8,10H2,1-2H3/t11-/m1/s1. The summed E-state index contributed by atoms with van der Waals surface area (Å²) in [6, 6.07) is 6.43. The minimum absolute atomic E-state index is 0.105. The zero-order valence-electron chi connectivity index (χ0n) is 11.1. The van der Waals surface area contributed by atoms with E-state index >= 15 is 0 Å². The quantitative estimate of drug-likeness (QED) is 0.833. The highest BCUT2D eigenvalue weighted by atomic mass is 16.2. The van der Waals surface area contributed by atoms with Gasteiger partial charge in [0.25, 0.3) is 0 Å². The van der Waals surface area contributed by atoms with Crippen molar-refractivity contribution in [3.05, 3.63) is 30.1 Å². The zero-order valence-corrected chi connectivity index (χ0v) is 11.1. The minimum Gasteiger partial charge on any atom is -0.339 e. The molecule has 1 aromatic heterocycles. The fourth-order valence-corrected chi connectivity index (χ4v) is 2.10. The van der Waals surface area contributed by atoms with Gasteiger partial charge >= 0.3 is 0 Å². The number of aromatic nitrogens is 1. The van der Waals surface area contributed by atoms with Crippen LogP contribution in [0.4, 0.5) is 0 Å². The normalized spacial score (nSPS) is 16.3. The van der Waals surface area contributed by atoms with Crippen molar-refractivity contribution in [3.63, 3.8) is 0 Å². The summed E-state index contributed by atoms with van der Waals surface area (Å²) >= 11 is 0. The molecular formula is C14H21N3O. The Morgan fingerprint density at radius 3 is 2.89 bits per heavy atom. The van der Waals surface area contributed by atoms with E-state index in [4.69, 9.17) is 0 Å². The van der Waals surface area contributed by atoms with Gasteiger partial charge < -0.3 is 10.2 Å². The van der Waals surface area contributed by atoms with Crippen molar-refractivity contribution in [1.29, 1.82) is 0 Å². The summed E-state index contributed by atoms with van der Waals surface area (Å²) in [5.74, 6) is 0.197. The molecule has 1 fully saturated rings. The summed E-state index contributed by atoms with van der Waals surface area (Å²) in [5.41, 5.74) is 0.972. The van der Waals surface area contributed by atoms with E-state index in [0.717, 1.165) is 25.1 Å². The summed E-state index contributed by atoms with van der Waals surface area (Å²) in [6.07, 6.45) is 4.10. The van der Waals surface area contributed by atoms with E-state index in [2.05, 4.69) is 10.3 Å². The molecule has 0 radical (unpaired) electrons. The molecule has 4 nitrogen and oxygen atoms in total. The molecule has 2 rings (SSSR count). The first-order valence-corrected chi connectivity index (χ1v) is 6.66. The van der Waals surface area contributed by atoms with E-state index in [1.807, 2.05) is 36.9 Å². The molecule has 1 N–H and O–H groups in total. The molecule has 1 aromatic rings. The third-order valence-corrected chi connectivity index (χ3v) is 3.34. The molecule has 1 atom stereocenters. The Kier molecular flexibility index (Phi) is 4.31. The van der Waals surface area contributed by atoms with Crippen LogP contribution in [-0.2, 0) is 4.79 Å². The summed E-state index contributed by atoms with van der Waals surface area (Å²) in [6.45, 7) is 5.27. The number of hydrogen-bond donors (Lipinski definition) is 1. The van der Waals surface area contributed by atoms with Crippen molar-refractivity contribution in [3.8, 4) is 0 Å². The Bertz CT molecular complexity index is 389. The van der Waals surface area contributed by atoms with E-state index in [0.29, 0.717) is 12.6 Å². The van der Waals surface area contributed by atoms with Crippen LogP contribution in [0.2, 0.25) is 0 Å². The number of rotatable bonds is 6. The fraction of sp³-hybridized carbons (Fsp3) is 0.571. The van der Waals surface area contributed by atoms with Gasteiger partial charge in [-0.15, -0.1) is 0 Å². The molecule has 1 amide bonds. The molecule has 1 aliphatic rings. The van der Waals surface area contributed by atoms with Gasteiger partial charge in [-0.2, -0.15) is 0 Å². The fourth-order valence-electron chi connectivity index (χ4n) is 2.10. The lowest BCUT2D eigenvalue weighted by atomic mass is 10.2. The van der Waals surface area contributed by atoms with Crippen LogP contribution in [0.1, 0.15) is 38.4 Å². The molecule has 98 valence electrons. The third-order valence-electron chi connectivity index (χ3n) is 3.34. The lowest BCUT2D eigenvalue weighted by Crippen LogP contribution is -2.40. The molecule has 1 aliphatic carbocycles. The van der Waals surface area contributed by atoms with E-state index in [-0.39, 0.29) is 11.9 Å². The highest BCUT2D eigenvalue weighted by Crippen LogP contribution is 2.26. The van der Waals surface area contributed by atoms with Gasteiger partial charge in [0.1, 0.15) is 0 Å². The second kappa shape index (κ2) is 5.96. The van der Waals surface area contributed by atoms with Crippen LogP contribution in [0.5, 0.6) is 0 Å². The number of carbonyl (C=O) groups is 1. The number of likely N-dealkylation sites (N-methyl/N-ethyl adjacent to an activating group) is 1. The van der Waals surface area contributed by atoms with Crippen molar-refractivity contribution in [2.75, 3.05) is 13.1 Å². The van der Waals surface area contributed by atoms with Crippen LogP contribution < -0.4 is 5.32 Å². The summed E-state index contributed by atoms with van der Waals surface area (Å²) in [5, 5.41) is 3.24. The Morgan fingerprint density at radius 1 is 1.56 bits per heavy atom. The van der Waals surface area contributed by atoms with Gasteiger partial charge in [0.15, 0.2) is 0 Å². The monoisotopic (exact) mass is 247 g/mol. The molecule has 1 heterocycles. The maximum absolute atomic E-state index is 12.0. The van der Waals surface area contributed by atoms with Crippen LogP contribution >= 0.6 is 0 Å². The molecule has 1 saturated carbocycles. The van der Waals surface area contributed by atoms with Crippen molar-refractivity contribution >= 4 is 5.91 Å². The van der Waals surface area contributed by atoms with Gasteiger partial charge in [-0.3, -0.25) is 9.78 Å². The van der Waals surface area contributed by atoms with Crippen molar-refractivity contribution in [1.82, 2.24) is 15.2 Å². The molecule has 0 unspecified atom stereocenters. The molecule has 18 heavy (non-hydrogen) atoms. The maximum atomic E-state index is 12.0. The van der Waals surface area contributed by atoms with Crippen molar-refractivity contribution < 1.29 is 4.79 Å². The van der Waals surface area contributed by atoms with Gasteiger partial charge in [-0.1, -0.05) is 6.07 Å². The summed E-state index contributed by atoms with van der Waals surface area (Å²) < 4.78 is 0. The molecule has 0 spiro atoms. The summed E-state index contributed by atoms with van der Waals surface area (Å²) in [7, 11) is 0. The molecule has 0 aromatic carbocycles. The lowest BCUT2D eigenvalue weighted by Gasteiger charge is -2.22. The topological polar surface area (TPSA) is 45.2 Å². The number of hydrogen-bond acceptors (Lipinski definition) is 3. The van der Waals surface area contributed by atoms with E-state index in [1.165, 1.54) is 0 Å². The number of nitrogens with one attached hydrogen (secondary N) is 1. The van der Waals surface area contributed by atoms with Crippen molar-refractivity contribution in [2.24, 2.45) is 0 Å². The highest BCUT2D eigenvalue weighted by Gasteiger charge is 2.31. The first-order valence-electron chi connectivity index (χ1n) is 6.66. The molecular weight excluding hydrogens is 226 g/mol. The average Bonchev–Trinajstić information content (AvgIpc) is 3.22.